The highest BCUT2D eigenvalue weighted by Crippen LogP contribution is 2.31. The molecule has 1 saturated heterocycles. The molecule has 3 rings (SSSR count). The van der Waals surface area contributed by atoms with Crippen LogP contribution in [0.4, 0.5) is 27.8 Å². The van der Waals surface area contributed by atoms with Crippen LogP contribution in [0, 0.1) is 0 Å². The lowest BCUT2D eigenvalue weighted by Crippen LogP contribution is -2.49. The number of halogens is 5. The monoisotopic (exact) mass is 431 g/mol. The summed E-state index contributed by atoms with van der Waals surface area (Å²) in [6.07, 6.45) is -3.68. The molecule has 1 aliphatic heterocycles. The lowest BCUT2D eigenvalue weighted by Gasteiger charge is -2.35. The van der Waals surface area contributed by atoms with Crippen LogP contribution in [0.3, 0.4) is 0 Å². The number of carbonyl (C=O) groups excluding carboxylic acids is 1. The normalized spacial score (nSPS) is 14.8. The second kappa shape index (κ2) is 8.72. The molecule has 0 bridgehead atoms. The Hall–Kier alpha value is -3.11. The highest BCUT2D eigenvalue weighted by atomic mass is 19.4. The zero-order valence-electron chi connectivity index (χ0n) is 15.8. The van der Waals surface area contributed by atoms with Crippen LogP contribution in [0.2, 0.25) is 0 Å². The summed E-state index contributed by atoms with van der Waals surface area (Å²) in [4.78, 5) is 19.9. The second-order valence-corrected chi connectivity index (χ2v) is 6.43. The molecule has 6 nitrogen and oxygen atoms in total. The van der Waals surface area contributed by atoms with E-state index in [-0.39, 0.29) is 23.0 Å². The zero-order chi connectivity index (χ0) is 21.9. The summed E-state index contributed by atoms with van der Waals surface area (Å²) in [5.41, 5.74) is -0.672. The van der Waals surface area contributed by atoms with Crippen molar-refractivity contribution in [2.75, 3.05) is 38.2 Å². The summed E-state index contributed by atoms with van der Waals surface area (Å²) in [5, 5.41) is 0. The van der Waals surface area contributed by atoms with Gasteiger partial charge in [-0.1, -0.05) is 0 Å². The van der Waals surface area contributed by atoms with Gasteiger partial charge in [0.2, 0.25) is 0 Å². The fourth-order valence-corrected chi connectivity index (χ4v) is 3.06. The number of pyridine rings is 1. The molecule has 30 heavy (non-hydrogen) atoms. The minimum absolute atomic E-state index is 0.0741. The Labute approximate surface area is 168 Å². The number of piperazine rings is 1. The molecule has 1 amide bonds. The molecule has 1 aliphatic rings. The number of hydrogen-bond acceptors (Lipinski definition) is 5. The summed E-state index contributed by atoms with van der Waals surface area (Å²) in [6.45, 7) is -1.76. The Morgan fingerprint density at radius 1 is 1.07 bits per heavy atom. The van der Waals surface area contributed by atoms with Gasteiger partial charge >= 0.3 is 12.8 Å². The van der Waals surface area contributed by atoms with Gasteiger partial charge < -0.3 is 19.3 Å². The standard InChI is InChI=1S/C19H18F5N3O3/c1-29-14-4-2-12(10-15(14)30-18(20)21)17(28)27-8-6-26(7-9-27)16-5-3-13(11-25-16)19(22,23)24/h2-5,10-11,18H,6-9H2,1H3. The highest BCUT2D eigenvalue weighted by Gasteiger charge is 2.31. The fraction of sp³-hybridized carbons (Fsp3) is 0.368. The van der Waals surface area contributed by atoms with Crippen LogP contribution in [-0.4, -0.2) is 55.7 Å². The van der Waals surface area contributed by atoms with Gasteiger partial charge in [0.15, 0.2) is 11.5 Å². The van der Waals surface area contributed by atoms with E-state index in [1.165, 1.54) is 36.3 Å². The van der Waals surface area contributed by atoms with Gasteiger partial charge in [-0.25, -0.2) is 4.98 Å². The molecule has 1 fully saturated rings. The number of nitrogens with zero attached hydrogens (tertiary/aromatic N) is 3. The molecule has 0 unspecified atom stereocenters. The number of rotatable bonds is 5. The minimum atomic E-state index is -4.46. The van der Waals surface area contributed by atoms with Gasteiger partial charge in [-0.15, -0.1) is 0 Å². The Bertz CT molecular complexity index is 882. The first-order valence-electron chi connectivity index (χ1n) is 8.89. The molecule has 0 atom stereocenters. The Kier molecular flexibility index (Phi) is 6.28. The SMILES string of the molecule is COc1ccc(C(=O)N2CCN(c3ccc(C(F)(F)F)cn3)CC2)cc1OC(F)F. The molecule has 0 radical (unpaired) electrons. The van der Waals surface area contributed by atoms with Crippen LogP contribution in [0.25, 0.3) is 0 Å². The van der Waals surface area contributed by atoms with Crippen molar-refractivity contribution in [3.63, 3.8) is 0 Å². The molecule has 2 aromatic rings. The Morgan fingerprint density at radius 2 is 1.77 bits per heavy atom. The van der Waals surface area contributed by atoms with E-state index in [0.717, 1.165) is 12.3 Å². The highest BCUT2D eigenvalue weighted by molar-refractivity contribution is 5.95. The number of hydrogen-bond donors (Lipinski definition) is 0. The smallest absolute Gasteiger partial charge is 0.417 e. The van der Waals surface area contributed by atoms with Crippen LogP contribution in [-0.2, 0) is 6.18 Å². The third-order valence-electron chi connectivity index (χ3n) is 4.59. The third-order valence-corrected chi connectivity index (χ3v) is 4.59. The number of alkyl halides is 5. The first kappa shape index (κ1) is 21.6. The fourth-order valence-electron chi connectivity index (χ4n) is 3.06. The van der Waals surface area contributed by atoms with Gasteiger partial charge in [-0.2, -0.15) is 22.0 Å². The summed E-state index contributed by atoms with van der Waals surface area (Å²) in [6, 6.07) is 6.26. The molecule has 1 aromatic heterocycles. The topological polar surface area (TPSA) is 54.9 Å². The first-order valence-corrected chi connectivity index (χ1v) is 8.89. The van der Waals surface area contributed by atoms with Gasteiger partial charge in [0.25, 0.3) is 5.91 Å². The van der Waals surface area contributed by atoms with Crippen LogP contribution in [0.15, 0.2) is 36.5 Å². The van der Waals surface area contributed by atoms with Gasteiger partial charge in [-0.05, 0) is 30.3 Å². The van der Waals surface area contributed by atoms with Crippen molar-refractivity contribution in [3.8, 4) is 11.5 Å². The molecule has 2 heterocycles. The van der Waals surface area contributed by atoms with Gasteiger partial charge in [0.1, 0.15) is 5.82 Å². The van der Waals surface area contributed by atoms with Crippen molar-refractivity contribution in [2.45, 2.75) is 12.8 Å². The molecule has 162 valence electrons. The summed E-state index contributed by atoms with van der Waals surface area (Å²) >= 11 is 0. The number of ether oxygens (including phenoxy) is 2. The van der Waals surface area contributed by atoms with Crippen LogP contribution >= 0.6 is 0 Å². The van der Waals surface area contributed by atoms with Crippen molar-refractivity contribution in [1.29, 1.82) is 0 Å². The Morgan fingerprint density at radius 3 is 2.30 bits per heavy atom. The van der Waals surface area contributed by atoms with E-state index in [1.807, 2.05) is 0 Å². The van der Waals surface area contributed by atoms with Crippen molar-refractivity contribution >= 4 is 11.7 Å². The quantitative estimate of drug-likeness (QED) is 0.677. The average molecular weight is 431 g/mol. The van der Waals surface area contributed by atoms with E-state index >= 15 is 0 Å². The number of benzene rings is 1. The summed E-state index contributed by atoms with van der Waals surface area (Å²) < 4.78 is 72.5. The third kappa shape index (κ3) is 4.89. The van der Waals surface area contributed by atoms with Crippen molar-refractivity contribution in [3.05, 3.63) is 47.7 Å². The van der Waals surface area contributed by atoms with Crippen molar-refractivity contribution < 1.29 is 36.2 Å². The van der Waals surface area contributed by atoms with Crippen LogP contribution < -0.4 is 14.4 Å². The second-order valence-electron chi connectivity index (χ2n) is 6.43. The van der Waals surface area contributed by atoms with E-state index in [1.54, 1.807) is 4.90 Å². The van der Waals surface area contributed by atoms with Crippen LogP contribution in [0.5, 0.6) is 11.5 Å². The van der Waals surface area contributed by atoms with E-state index in [4.69, 9.17) is 4.74 Å². The van der Waals surface area contributed by atoms with Crippen molar-refractivity contribution in [1.82, 2.24) is 9.88 Å². The molecule has 0 N–H and O–H groups in total. The number of aromatic nitrogens is 1. The maximum Gasteiger partial charge on any atom is 0.417 e. The maximum absolute atomic E-state index is 12.7. The molecular formula is C19H18F5N3O3. The number of amides is 1. The molecule has 11 heteroatoms. The Balaban J connectivity index is 1.65. The molecule has 0 saturated carbocycles. The zero-order valence-corrected chi connectivity index (χ0v) is 15.8. The van der Waals surface area contributed by atoms with Gasteiger partial charge in [-0.3, -0.25) is 4.79 Å². The summed E-state index contributed by atoms with van der Waals surface area (Å²) in [5.74, 6) is -0.167. The van der Waals surface area contributed by atoms with Crippen molar-refractivity contribution in [2.24, 2.45) is 0 Å². The minimum Gasteiger partial charge on any atom is -0.493 e. The van der Waals surface area contributed by atoms with E-state index in [0.29, 0.717) is 32.0 Å². The van der Waals surface area contributed by atoms with Gasteiger partial charge in [0, 0.05) is 37.9 Å². The largest absolute Gasteiger partial charge is 0.493 e. The molecular weight excluding hydrogens is 413 g/mol. The molecule has 0 spiro atoms. The number of carbonyl (C=O) groups is 1. The van der Waals surface area contributed by atoms with Crippen LogP contribution in [0.1, 0.15) is 15.9 Å². The predicted octanol–water partition coefficient (Wildman–Crippen LogP) is 3.67. The average Bonchev–Trinajstić information content (AvgIpc) is 2.72. The van der Waals surface area contributed by atoms with E-state index < -0.39 is 18.4 Å². The maximum atomic E-state index is 12.7. The summed E-state index contributed by atoms with van der Waals surface area (Å²) in [7, 11) is 1.30. The lowest BCUT2D eigenvalue weighted by molar-refractivity contribution is -0.137. The lowest BCUT2D eigenvalue weighted by atomic mass is 10.1. The number of anilines is 1. The van der Waals surface area contributed by atoms with E-state index in [2.05, 4.69) is 9.72 Å². The first-order chi connectivity index (χ1) is 14.2. The van der Waals surface area contributed by atoms with Gasteiger partial charge in [0.05, 0.1) is 12.7 Å². The predicted molar refractivity (Wildman–Crippen MR) is 97.0 cm³/mol. The molecule has 0 aliphatic carbocycles. The molecule has 1 aromatic carbocycles. The number of methoxy groups -OCH3 is 1. The van der Waals surface area contributed by atoms with E-state index in [9.17, 15) is 26.7 Å².